The molecule has 0 radical (unpaired) electrons. The molecule has 1 aromatic heterocycles. The SMILES string of the molecule is CC(Nc1ccc(Br)c(F)c1)c1ccc(F)cn1. The van der Waals surface area contributed by atoms with Crippen molar-refractivity contribution in [3.8, 4) is 0 Å². The largest absolute Gasteiger partial charge is 0.377 e. The van der Waals surface area contributed by atoms with Crippen molar-refractivity contribution < 1.29 is 8.78 Å². The van der Waals surface area contributed by atoms with Crippen LogP contribution in [0.1, 0.15) is 18.7 Å². The lowest BCUT2D eigenvalue weighted by atomic mass is 10.2. The third-order valence-corrected chi connectivity index (χ3v) is 3.14. The first-order chi connectivity index (χ1) is 8.56. The van der Waals surface area contributed by atoms with Gasteiger partial charge in [0.15, 0.2) is 0 Å². The highest BCUT2D eigenvalue weighted by molar-refractivity contribution is 9.10. The number of aromatic nitrogens is 1. The molecule has 94 valence electrons. The molecule has 0 fully saturated rings. The first kappa shape index (κ1) is 13.0. The summed E-state index contributed by atoms with van der Waals surface area (Å²) in [5, 5.41) is 3.10. The number of nitrogens with one attached hydrogen (secondary N) is 1. The molecule has 0 spiro atoms. The molecule has 1 aromatic carbocycles. The van der Waals surface area contributed by atoms with Crippen molar-refractivity contribution >= 4 is 21.6 Å². The van der Waals surface area contributed by atoms with Gasteiger partial charge in [-0.2, -0.15) is 0 Å². The first-order valence-electron chi connectivity index (χ1n) is 5.39. The van der Waals surface area contributed by atoms with Crippen LogP contribution < -0.4 is 5.32 Å². The lowest BCUT2D eigenvalue weighted by Crippen LogP contribution is -2.08. The Balaban J connectivity index is 2.13. The van der Waals surface area contributed by atoms with E-state index < -0.39 is 0 Å². The summed E-state index contributed by atoms with van der Waals surface area (Å²) in [6.45, 7) is 1.88. The van der Waals surface area contributed by atoms with E-state index in [1.54, 1.807) is 18.2 Å². The minimum Gasteiger partial charge on any atom is -0.377 e. The van der Waals surface area contributed by atoms with Crippen molar-refractivity contribution in [1.29, 1.82) is 0 Å². The van der Waals surface area contributed by atoms with Crippen molar-refractivity contribution in [1.82, 2.24) is 4.98 Å². The van der Waals surface area contributed by atoms with Crippen LogP contribution in [0.5, 0.6) is 0 Å². The highest BCUT2D eigenvalue weighted by Gasteiger charge is 2.08. The summed E-state index contributed by atoms with van der Waals surface area (Å²) >= 11 is 3.09. The Labute approximate surface area is 112 Å². The number of halogens is 3. The standard InChI is InChI=1S/C13H11BrF2N2/c1-8(13-5-2-9(15)7-17-13)18-10-3-4-11(14)12(16)6-10/h2-8,18H,1H3. The number of benzene rings is 1. The highest BCUT2D eigenvalue weighted by Crippen LogP contribution is 2.22. The minimum absolute atomic E-state index is 0.133. The third-order valence-electron chi connectivity index (χ3n) is 2.50. The summed E-state index contributed by atoms with van der Waals surface area (Å²) in [5.74, 6) is -0.708. The van der Waals surface area contributed by atoms with Crippen molar-refractivity contribution in [2.24, 2.45) is 0 Å². The summed E-state index contributed by atoms with van der Waals surface area (Å²) in [4.78, 5) is 3.97. The monoisotopic (exact) mass is 312 g/mol. The second kappa shape index (κ2) is 5.44. The molecule has 2 nitrogen and oxygen atoms in total. The molecule has 0 saturated heterocycles. The Bertz CT molecular complexity index is 543. The van der Waals surface area contributed by atoms with Crippen molar-refractivity contribution in [2.75, 3.05) is 5.32 Å². The van der Waals surface area contributed by atoms with E-state index in [-0.39, 0.29) is 17.7 Å². The van der Waals surface area contributed by atoms with E-state index in [1.807, 2.05) is 6.92 Å². The molecule has 0 saturated carbocycles. The minimum atomic E-state index is -0.374. The Morgan fingerprint density at radius 2 is 2.00 bits per heavy atom. The van der Waals surface area contributed by atoms with Crippen LogP contribution in [0.15, 0.2) is 41.0 Å². The molecule has 0 amide bonds. The number of anilines is 1. The van der Waals surface area contributed by atoms with Gasteiger partial charge in [-0.15, -0.1) is 0 Å². The summed E-state index contributed by atoms with van der Waals surface area (Å²) in [7, 11) is 0. The second-order valence-electron chi connectivity index (χ2n) is 3.90. The average Bonchev–Trinajstić information content (AvgIpc) is 2.34. The Hall–Kier alpha value is -1.49. The Morgan fingerprint density at radius 1 is 1.22 bits per heavy atom. The van der Waals surface area contributed by atoms with Gasteiger partial charge in [0.25, 0.3) is 0 Å². The van der Waals surface area contributed by atoms with Gasteiger partial charge in [-0.1, -0.05) is 0 Å². The van der Waals surface area contributed by atoms with E-state index in [9.17, 15) is 8.78 Å². The topological polar surface area (TPSA) is 24.9 Å². The van der Waals surface area contributed by atoms with Crippen LogP contribution in [0.4, 0.5) is 14.5 Å². The first-order valence-corrected chi connectivity index (χ1v) is 6.18. The van der Waals surface area contributed by atoms with Gasteiger partial charge in [-0.25, -0.2) is 8.78 Å². The van der Waals surface area contributed by atoms with Crippen molar-refractivity contribution in [3.63, 3.8) is 0 Å². The molecule has 2 rings (SSSR count). The number of hydrogen-bond donors (Lipinski definition) is 1. The summed E-state index contributed by atoms with van der Waals surface area (Å²) in [6, 6.07) is 7.59. The van der Waals surface area contributed by atoms with Crippen LogP contribution >= 0.6 is 15.9 Å². The fraction of sp³-hybridized carbons (Fsp3) is 0.154. The predicted molar refractivity (Wildman–Crippen MR) is 70.3 cm³/mol. The zero-order valence-corrected chi connectivity index (χ0v) is 11.2. The van der Waals surface area contributed by atoms with E-state index >= 15 is 0 Å². The second-order valence-corrected chi connectivity index (χ2v) is 4.75. The van der Waals surface area contributed by atoms with Gasteiger partial charge in [-0.05, 0) is 53.2 Å². The van der Waals surface area contributed by atoms with Crippen LogP contribution in [0.2, 0.25) is 0 Å². The number of rotatable bonds is 3. The molecule has 1 heterocycles. The smallest absolute Gasteiger partial charge is 0.141 e. The van der Waals surface area contributed by atoms with Crippen LogP contribution in [-0.4, -0.2) is 4.98 Å². The van der Waals surface area contributed by atoms with Crippen LogP contribution in [-0.2, 0) is 0 Å². The third kappa shape index (κ3) is 3.04. The summed E-state index contributed by atoms with van der Waals surface area (Å²) in [5.41, 5.74) is 1.34. The quantitative estimate of drug-likeness (QED) is 0.914. The van der Waals surface area contributed by atoms with Gasteiger partial charge in [0.1, 0.15) is 11.6 Å². The van der Waals surface area contributed by atoms with Gasteiger partial charge in [0.2, 0.25) is 0 Å². The zero-order chi connectivity index (χ0) is 13.1. The molecule has 0 aliphatic rings. The normalized spacial score (nSPS) is 12.2. The molecule has 2 aromatic rings. The zero-order valence-electron chi connectivity index (χ0n) is 9.62. The molecule has 1 atom stereocenters. The average molecular weight is 313 g/mol. The van der Waals surface area contributed by atoms with Gasteiger partial charge in [0, 0.05) is 5.69 Å². The van der Waals surface area contributed by atoms with E-state index in [2.05, 4.69) is 26.2 Å². The molecular weight excluding hydrogens is 302 g/mol. The lowest BCUT2D eigenvalue weighted by Gasteiger charge is -2.15. The van der Waals surface area contributed by atoms with Gasteiger partial charge in [-0.3, -0.25) is 4.98 Å². The molecule has 0 aliphatic carbocycles. The molecule has 5 heteroatoms. The van der Waals surface area contributed by atoms with Gasteiger partial charge in [0.05, 0.1) is 22.4 Å². The molecule has 1 N–H and O–H groups in total. The summed E-state index contributed by atoms with van der Waals surface area (Å²) in [6.07, 6.45) is 1.16. The molecule has 1 unspecified atom stereocenters. The van der Waals surface area contributed by atoms with Gasteiger partial charge < -0.3 is 5.32 Å². The predicted octanol–water partition coefficient (Wildman–Crippen LogP) is 4.30. The maximum Gasteiger partial charge on any atom is 0.141 e. The number of pyridine rings is 1. The van der Waals surface area contributed by atoms with Crippen molar-refractivity contribution in [3.05, 3.63) is 58.3 Å². The molecule has 0 bridgehead atoms. The fourth-order valence-corrected chi connectivity index (χ4v) is 1.80. The van der Waals surface area contributed by atoms with E-state index in [1.165, 1.54) is 12.1 Å². The molecule has 18 heavy (non-hydrogen) atoms. The van der Waals surface area contributed by atoms with Gasteiger partial charge >= 0.3 is 0 Å². The Kier molecular flexibility index (Phi) is 3.91. The maximum atomic E-state index is 13.3. The van der Waals surface area contributed by atoms with E-state index in [0.29, 0.717) is 15.9 Å². The van der Waals surface area contributed by atoms with Crippen molar-refractivity contribution in [2.45, 2.75) is 13.0 Å². The number of nitrogens with zero attached hydrogens (tertiary/aromatic N) is 1. The van der Waals surface area contributed by atoms with Crippen LogP contribution in [0, 0.1) is 11.6 Å². The highest BCUT2D eigenvalue weighted by atomic mass is 79.9. The Morgan fingerprint density at radius 3 is 2.61 bits per heavy atom. The van der Waals surface area contributed by atoms with Crippen LogP contribution in [0.3, 0.4) is 0 Å². The summed E-state index contributed by atoms with van der Waals surface area (Å²) < 4.78 is 26.5. The van der Waals surface area contributed by atoms with E-state index in [4.69, 9.17) is 0 Å². The maximum absolute atomic E-state index is 13.3. The number of hydrogen-bond acceptors (Lipinski definition) is 2. The molecular formula is C13H11BrF2N2. The fourth-order valence-electron chi connectivity index (χ4n) is 1.55. The van der Waals surface area contributed by atoms with Crippen LogP contribution in [0.25, 0.3) is 0 Å². The molecule has 0 aliphatic heterocycles. The van der Waals surface area contributed by atoms with E-state index in [0.717, 1.165) is 6.20 Å². The lowest BCUT2D eigenvalue weighted by molar-refractivity contribution is 0.617.